The third kappa shape index (κ3) is 3.77. The van der Waals surface area contributed by atoms with Gasteiger partial charge in [0, 0.05) is 20.3 Å². The van der Waals surface area contributed by atoms with Gasteiger partial charge >= 0.3 is 11.6 Å². The van der Waals surface area contributed by atoms with Crippen LogP contribution in [0, 0.1) is 17.0 Å². The Kier molecular flexibility index (Phi) is 5.85. The Morgan fingerprint density at radius 1 is 1.65 bits per heavy atom. The van der Waals surface area contributed by atoms with Crippen molar-refractivity contribution in [1.29, 1.82) is 0 Å². The Balaban J connectivity index is 2.27. The molecule has 3 atom stereocenters. The first-order valence-electron chi connectivity index (χ1n) is 7.30. The third-order valence-electron chi connectivity index (χ3n) is 3.84. The van der Waals surface area contributed by atoms with E-state index < -0.39 is 23.2 Å². The molecule has 0 amide bonds. The SMILES string of the molecule is COC(CN)COc1nn(C2CCOCC2F)c(C)c1[N+](=O)[O-]. The van der Waals surface area contributed by atoms with Crippen LogP contribution in [0.1, 0.15) is 18.2 Å². The quantitative estimate of drug-likeness (QED) is 0.579. The Morgan fingerprint density at radius 2 is 2.39 bits per heavy atom. The molecule has 0 spiro atoms. The molecule has 0 radical (unpaired) electrons. The number of halogens is 1. The smallest absolute Gasteiger partial charge is 0.352 e. The average Bonchev–Trinajstić information content (AvgIpc) is 2.85. The van der Waals surface area contributed by atoms with Crippen molar-refractivity contribution in [2.24, 2.45) is 5.73 Å². The van der Waals surface area contributed by atoms with E-state index in [9.17, 15) is 14.5 Å². The van der Waals surface area contributed by atoms with Crippen molar-refractivity contribution in [2.75, 3.05) is 33.5 Å². The van der Waals surface area contributed by atoms with Crippen molar-refractivity contribution in [3.8, 4) is 5.88 Å². The molecule has 2 N–H and O–H groups in total. The number of hydrogen-bond acceptors (Lipinski definition) is 7. The van der Waals surface area contributed by atoms with Gasteiger partial charge < -0.3 is 19.9 Å². The van der Waals surface area contributed by atoms with Gasteiger partial charge in [-0.25, -0.2) is 4.39 Å². The van der Waals surface area contributed by atoms with Gasteiger partial charge in [0.1, 0.15) is 24.6 Å². The zero-order valence-electron chi connectivity index (χ0n) is 13.1. The van der Waals surface area contributed by atoms with Crippen LogP contribution in [-0.4, -0.2) is 60.5 Å². The molecule has 10 heteroatoms. The monoisotopic (exact) mass is 332 g/mol. The molecule has 2 rings (SSSR count). The van der Waals surface area contributed by atoms with Gasteiger partial charge in [-0.05, 0) is 13.3 Å². The van der Waals surface area contributed by atoms with E-state index in [2.05, 4.69) is 5.10 Å². The zero-order chi connectivity index (χ0) is 17.0. The van der Waals surface area contributed by atoms with E-state index in [1.165, 1.54) is 18.7 Å². The van der Waals surface area contributed by atoms with E-state index in [1.54, 1.807) is 0 Å². The highest BCUT2D eigenvalue weighted by Crippen LogP contribution is 2.34. The maximum absolute atomic E-state index is 14.0. The molecule has 1 aromatic rings. The van der Waals surface area contributed by atoms with E-state index in [4.69, 9.17) is 19.9 Å². The highest BCUT2D eigenvalue weighted by molar-refractivity contribution is 5.45. The van der Waals surface area contributed by atoms with Crippen LogP contribution in [0.3, 0.4) is 0 Å². The van der Waals surface area contributed by atoms with Crippen LogP contribution in [0.4, 0.5) is 10.1 Å². The predicted molar refractivity (Wildman–Crippen MR) is 78.3 cm³/mol. The average molecular weight is 332 g/mol. The molecule has 0 aromatic carbocycles. The largest absolute Gasteiger partial charge is 0.469 e. The molecular weight excluding hydrogens is 311 g/mol. The summed E-state index contributed by atoms with van der Waals surface area (Å²) in [5.41, 5.74) is 5.47. The van der Waals surface area contributed by atoms with Gasteiger partial charge in [0.05, 0.1) is 17.6 Å². The molecule has 1 aliphatic rings. The molecule has 1 aromatic heterocycles. The topological polar surface area (TPSA) is 115 Å². The predicted octanol–water partition coefficient (Wildman–Crippen LogP) is 0.752. The number of nitro groups is 1. The number of hydrogen-bond donors (Lipinski definition) is 1. The van der Waals surface area contributed by atoms with E-state index in [1.807, 2.05) is 0 Å². The van der Waals surface area contributed by atoms with Gasteiger partial charge in [-0.15, -0.1) is 5.10 Å². The van der Waals surface area contributed by atoms with Gasteiger partial charge in [0.25, 0.3) is 0 Å². The summed E-state index contributed by atoms with van der Waals surface area (Å²) in [5.74, 6) is -0.151. The molecule has 130 valence electrons. The number of alkyl halides is 1. The van der Waals surface area contributed by atoms with Gasteiger partial charge in [-0.2, -0.15) is 0 Å². The first-order valence-corrected chi connectivity index (χ1v) is 7.30. The summed E-state index contributed by atoms with van der Waals surface area (Å²) < 4.78 is 30.9. The van der Waals surface area contributed by atoms with Crippen molar-refractivity contribution < 1.29 is 23.5 Å². The molecular formula is C13H21FN4O5. The van der Waals surface area contributed by atoms with Crippen LogP contribution in [0.2, 0.25) is 0 Å². The number of methoxy groups -OCH3 is 1. The first-order chi connectivity index (χ1) is 11.0. The Labute approximate surface area is 132 Å². The second-order valence-corrected chi connectivity index (χ2v) is 5.29. The van der Waals surface area contributed by atoms with Crippen LogP contribution in [0.5, 0.6) is 5.88 Å². The summed E-state index contributed by atoms with van der Waals surface area (Å²) in [7, 11) is 1.47. The summed E-state index contributed by atoms with van der Waals surface area (Å²) in [6.45, 7) is 2.09. The minimum atomic E-state index is -1.27. The fraction of sp³-hybridized carbons (Fsp3) is 0.769. The summed E-state index contributed by atoms with van der Waals surface area (Å²) in [6, 6.07) is -0.604. The third-order valence-corrected chi connectivity index (χ3v) is 3.84. The Hall–Kier alpha value is -1.78. The van der Waals surface area contributed by atoms with Crippen molar-refractivity contribution in [1.82, 2.24) is 9.78 Å². The zero-order valence-corrected chi connectivity index (χ0v) is 13.1. The van der Waals surface area contributed by atoms with Crippen LogP contribution in [0.25, 0.3) is 0 Å². The maximum atomic E-state index is 14.0. The Morgan fingerprint density at radius 3 is 2.96 bits per heavy atom. The van der Waals surface area contributed by atoms with Crippen molar-refractivity contribution in [2.45, 2.75) is 31.7 Å². The summed E-state index contributed by atoms with van der Waals surface area (Å²) in [4.78, 5) is 10.7. The second kappa shape index (κ2) is 7.66. The van der Waals surface area contributed by atoms with Gasteiger partial charge in [-0.3, -0.25) is 14.8 Å². The highest BCUT2D eigenvalue weighted by atomic mass is 19.1. The van der Waals surface area contributed by atoms with Crippen LogP contribution in [0.15, 0.2) is 0 Å². The molecule has 0 saturated carbocycles. The fourth-order valence-electron chi connectivity index (χ4n) is 2.49. The molecule has 0 aliphatic carbocycles. The van der Waals surface area contributed by atoms with Crippen molar-refractivity contribution in [3.05, 3.63) is 15.8 Å². The number of aromatic nitrogens is 2. The normalized spacial score (nSPS) is 22.8. The lowest BCUT2D eigenvalue weighted by molar-refractivity contribution is -0.386. The molecule has 1 fully saturated rings. The molecule has 23 heavy (non-hydrogen) atoms. The lowest BCUT2D eigenvalue weighted by Gasteiger charge is -2.26. The van der Waals surface area contributed by atoms with Gasteiger partial charge in [0.2, 0.25) is 0 Å². The summed E-state index contributed by atoms with van der Waals surface area (Å²) >= 11 is 0. The lowest BCUT2D eigenvalue weighted by Crippen LogP contribution is -2.32. The van der Waals surface area contributed by atoms with Crippen LogP contribution < -0.4 is 10.5 Å². The minimum absolute atomic E-state index is 0.0249. The van der Waals surface area contributed by atoms with Gasteiger partial charge in [-0.1, -0.05) is 0 Å². The summed E-state index contributed by atoms with van der Waals surface area (Å²) in [6.07, 6.45) is -1.29. The van der Waals surface area contributed by atoms with Crippen molar-refractivity contribution >= 4 is 5.69 Å². The van der Waals surface area contributed by atoms with E-state index >= 15 is 0 Å². The molecule has 1 aliphatic heterocycles. The molecule has 3 unspecified atom stereocenters. The highest BCUT2D eigenvalue weighted by Gasteiger charge is 2.35. The molecule has 0 bridgehead atoms. The van der Waals surface area contributed by atoms with E-state index in [-0.39, 0.29) is 37.0 Å². The fourth-order valence-corrected chi connectivity index (χ4v) is 2.49. The lowest BCUT2D eigenvalue weighted by atomic mass is 10.1. The summed E-state index contributed by atoms with van der Waals surface area (Å²) in [5, 5.41) is 15.4. The Bertz CT molecular complexity index is 549. The molecule has 1 saturated heterocycles. The second-order valence-electron chi connectivity index (χ2n) is 5.29. The minimum Gasteiger partial charge on any atom is -0.469 e. The van der Waals surface area contributed by atoms with Crippen LogP contribution in [-0.2, 0) is 9.47 Å². The number of ether oxygens (including phenoxy) is 3. The van der Waals surface area contributed by atoms with Crippen molar-refractivity contribution in [3.63, 3.8) is 0 Å². The van der Waals surface area contributed by atoms with E-state index in [0.717, 1.165) is 0 Å². The molecule has 2 heterocycles. The molecule has 9 nitrogen and oxygen atoms in total. The van der Waals surface area contributed by atoms with Gasteiger partial charge in [0.15, 0.2) is 0 Å². The number of rotatable bonds is 7. The standard InChI is InChI=1S/C13H21FN4O5/c1-8-12(18(19)20)13(23-6-9(5-15)21-2)16-17(8)11-3-4-22-7-10(11)14/h9-11H,3-7,15H2,1-2H3. The maximum Gasteiger partial charge on any atom is 0.352 e. The number of nitrogens with two attached hydrogens (primary N) is 1. The van der Waals surface area contributed by atoms with E-state index in [0.29, 0.717) is 13.0 Å². The first kappa shape index (κ1) is 17.6. The number of nitrogens with zero attached hydrogens (tertiary/aromatic N) is 3. The van der Waals surface area contributed by atoms with Crippen LogP contribution >= 0.6 is 0 Å².